The van der Waals surface area contributed by atoms with Crippen LogP contribution >= 0.6 is 0 Å². The average Bonchev–Trinajstić information content (AvgIpc) is 2.01. The van der Waals surface area contributed by atoms with E-state index in [1.54, 1.807) is 0 Å². The molecular formula is C10H14N. The minimum Gasteiger partial charge on any atom is -0.398 e. The Hall–Kier alpha value is -0.980. The fourth-order valence-corrected chi connectivity index (χ4v) is 1.07. The first kappa shape index (κ1) is 8.12. The predicted molar refractivity (Wildman–Crippen MR) is 48.3 cm³/mol. The summed E-state index contributed by atoms with van der Waals surface area (Å²) in [5, 5.41) is 0. The minimum atomic E-state index is 0.749. The van der Waals surface area contributed by atoms with Crippen LogP contribution in [0.4, 0.5) is 5.69 Å². The molecule has 0 bridgehead atoms. The van der Waals surface area contributed by atoms with Crippen LogP contribution in [0.3, 0.4) is 0 Å². The molecule has 0 atom stereocenters. The van der Waals surface area contributed by atoms with Gasteiger partial charge in [-0.15, -0.1) is 0 Å². The normalized spacial score (nSPS) is 9.91. The van der Waals surface area contributed by atoms with Crippen LogP contribution in [0.25, 0.3) is 0 Å². The zero-order chi connectivity index (χ0) is 8.10. The van der Waals surface area contributed by atoms with Crippen LogP contribution in [-0.4, -0.2) is 0 Å². The summed E-state index contributed by atoms with van der Waals surface area (Å²) in [7, 11) is 0. The molecular weight excluding hydrogens is 134 g/mol. The maximum Gasteiger partial charge on any atom is 0.0397 e. The Morgan fingerprint density at radius 2 is 2.36 bits per heavy atom. The van der Waals surface area contributed by atoms with E-state index in [9.17, 15) is 0 Å². The summed E-state index contributed by atoms with van der Waals surface area (Å²) in [5.74, 6) is 0. The van der Waals surface area contributed by atoms with Crippen molar-refractivity contribution in [2.75, 3.05) is 5.73 Å². The number of nitrogen functional groups attached to an aromatic ring is 1. The molecule has 0 heterocycles. The molecule has 1 aromatic rings. The van der Waals surface area contributed by atoms with Gasteiger partial charge in [-0.3, -0.25) is 0 Å². The zero-order valence-corrected chi connectivity index (χ0v) is 6.93. The van der Waals surface area contributed by atoms with Gasteiger partial charge in [0, 0.05) is 11.8 Å². The van der Waals surface area contributed by atoms with Gasteiger partial charge in [-0.2, -0.15) is 0 Å². The Labute approximate surface area is 68.2 Å². The summed E-state index contributed by atoms with van der Waals surface area (Å²) in [5.41, 5.74) is 7.65. The van der Waals surface area contributed by atoms with Gasteiger partial charge in [-0.1, -0.05) is 25.5 Å². The van der Waals surface area contributed by atoms with E-state index in [1.165, 1.54) is 18.4 Å². The number of aryl methyl sites for hydroxylation is 1. The summed E-state index contributed by atoms with van der Waals surface area (Å²) in [4.78, 5) is 0. The molecule has 11 heavy (non-hydrogen) atoms. The van der Waals surface area contributed by atoms with E-state index < -0.39 is 0 Å². The monoisotopic (exact) mass is 148 g/mol. The molecule has 0 aliphatic carbocycles. The van der Waals surface area contributed by atoms with Crippen LogP contribution < -0.4 is 5.73 Å². The van der Waals surface area contributed by atoms with E-state index in [1.807, 2.05) is 12.1 Å². The Morgan fingerprint density at radius 3 is 3.00 bits per heavy atom. The molecule has 0 spiro atoms. The van der Waals surface area contributed by atoms with Crippen molar-refractivity contribution in [3.8, 4) is 0 Å². The van der Waals surface area contributed by atoms with Gasteiger partial charge >= 0.3 is 0 Å². The number of anilines is 1. The van der Waals surface area contributed by atoms with E-state index in [0.717, 1.165) is 12.1 Å². The second-order valence-electron chi connectivity index (χ2n) is 2.76. The maximum atomic E-state index is 5.57. The standard InChI is InChI=1S/C10H14N/c1-2-3-5-9-6-4-7-10(11)8-9/h4,6,8H,2-3,5,11H2,1H3. The van der Waals surface area contributed by atoms with Crippen LogP contribution in [0, 0.1) is 6.07 Å². The number of hydrogen-bond donors (Lipinski definition) is 1. The van der Waals surface area contributed by atoms with Crippen LogP contribution in [-0.2, 0) is 6.42 Å². The van der Waals surface area contributed by atoms with Gasteiger partial charge in [0.05, 0.1) is 0 Å². The highest BCUT2D eigenvalue weighted by Crippen LogP contribution is 2.08. The van der Waals surface area contributed by atoms with Crippen molar-refractivity contribution >= 4 is 5.69 Å². The Balaban J connectivity index is 2.56. The van der Waals surface area contributed by atoms with Crippen molar-refractivity contribution in [1.29, 1.82) is 0 Å². The van der Waals surface area contributed by atoms with E-state index in [-0.39, 0.29) is 0 Å². The highest BCUT2D eigenvalue weighted by Gasteiger charge is 1.91. The van der Waals surface area contributed by atoms with Crippen molar-refractivity contribution in [3.05, 3.63) is 29.8 Å². The lowest BCUT2D eigenvalue weighted by Crippen LogP contribution is -1.88. The lowest BCUT2D eigenvalue weighted by Gasteiger charge is -1.99. The molecule has 1 heteroatoms. The van der Waals surface area contributed by atoms with Crippen molar-refractivity contribution < 1.29 is 0 Å². The van der Waals surface area contributed by atoms with Gasteiger partial charge in [0.15, 0.2) is 0 Å². The predicted octanol–water partition coefficient (Wildman–Crippen LogP) is 2.41. The molecule has 0 unspecified atom stereocenters. The van der Waals surface area contributed by atoms with Crippen molar-refractivity contribution in [1.82, 2.24) is 0 Å². The first-order chi connectivity index (χ1) is 5.33. The second-order valence-corrected chi connectivity index (χ2v) is 2.76. The van der Waals surface area contributed by atoms with Gasteiger partial charge in [-0.05, 0) is 24.5 Å². The van der Waals surface area contributed by atoms with Crippen molar-refractivity contribution in [2.45, 2.75) is 26.2 Å². The lowest BCUT2D eigenvalue weighted by atomic mass is 10.1. The summed E-state index contributed by atoms with van der Waals surface area (Å²) in [6.07, 6.45) is 3.61. The largest absolute Gasteiger partial charge is 0.398 e. The first-order valence-corrected chi connectivity index (χ1v) is 4.09. The number of nitrogens with two attached hydrogens (primary N) is 1. The third kappa shape index (κ3) is 2.62. The molecule has 59 valence electrons. The highest BCUT2D eigenvalue weighted by molar-refractivity contribution is 5.39. The van der Waals surface area contributed by atoms with Gasteiger partial charge in [-0.25, -0.2) is 0 Å². The quantitative estimate of drug-likeness (QED) is 0.654. The molecule has 0 amide bonds. The molecule has 1 aromatic carbocycles. The second kappa shape index (κ2) is 4.02. The first-order valence-electron chi connectivity index (χ1n) is 4.09. The van der Waals surface area contributed by atoms with E-state index >= 15 is 0 Å². The van der Waals surface area contributed by atoms with Crippen LogP contribution in [0.15, 0.2) is 18.2 Å². The molecule has 0 fully saturated rings. The van der Waals surface area contributed by atoms with Crippen LogP contribution in [0.1, 0.15) is 25.3 Å². The lowest BCUT2D eigenvalue weighted by molar-refractivity contribution is 0.795. The molecule has 1 rings (SSSR count). The molecule has 0 aliphatic rings. The average molecular weight is 148 g/mol. The summed E-state index contributed by atoms with van der Waals surface area (Å²) in [6.45, 7) is 2.19. The number of rotatable bonds is 3. The SMILES string of the molecule is CCCCc1cc[c]c(N)c1. The fourth-order valence-electron chi connectivity index (χ4n) is 1.07. The van der Waals surface area contributed by atoms with Gasteiger partial charge in [0.2, 0.25) is 0 Å². The van der Waals surface area contributed by atoms with Crippen LogP contribution in [0.2, 0.25) is 0 Å². The summed E-state index contributed by atoms with van der Waals surface area (Å²) >= 11 is 0. The zero-order valence-electron chi connectivity index (χ0n) is 6.93. The van der Waals surface area contributed by atoms with E-state index in [4.69, 9.17) is 5.73 Å². The molecule has 0 saturated carbocycles. The Bertz CT molecular complexity index is 218. The number of hydrogen-bond acceptors (Lipinski definition) is 1. The molecule has 0 aliphatic heterocycles. The Kier molecular flexibility index (Phi) is 2.96. The Morgan fingerprint density at radius 1 is 1.55 bits per heavy atom. The molecule has 0 aromatic heterocycles. The van der Waals surface area contributed by atoms with E-state index in [2.05, 4.69) is 19.1 Å². The van der Waals surface area contributed by atoms with Crippen LogP contribution in [0.5, 0.6) is 0 Å². The smallest absolute Gasteiger partial charge is 0.0397 e. The summed E-state index contributed by atoms with van der Waals surface area (Å²) in [6, 6.07) is 8.89. The minimum absolute atomic E-state index is 0.749. The number of unbranched alkanes of at least 4 members (excludes halogenated alkanes) is 1. The third-order valence-corrected chi connectivity index (χ3v) is 1.71. The van der Waals surface area contributed by atoms with E-state index in [0.29, 0.717) is 0 Å². The van der Waals surface area contributed by atoms with Crippen molar-refractivity contribution in [3.63, 3.8) is 0 Å². The molecule has 2 N–H and O–H groups in total. The topological polar surface area (TPSA) is 26.0 Å². The van der Waals surface area contributed by atoms with Gasteiger partial charge < -0.3 is 5.73 Å². The molecule has 1 nitrogen and oxygen atoms in total. The molecule has 1 radical (unpaired) electrons. The van der Waals surface area contributed by atoms with Crippen molar-refractivity contribution in [2.24, 2.45) is 0 Å². The maximum absolute atomic E-state index is 5.57. The third-order valence-electron chi connectivity index (χ3n) is 1.71. The summed E-state index contributed by atoms with van der Waals surface area (Å²) < 4.78 is 0. The van der Waals surface area contributed by atoms with Gasteiger partial charge in [0.1, 0.15) is 0 Å². The van der Waals surface area contributed by atoms with Gasteiger partial charge in [0.25, 0.3) is 0 Å². The highest BCUT2D eigenvalue weighted by atomic mass is 14.5. The molecule has 0 saturated heterocycles. The number of benzene rings is 1. The fraction of sp³-hybridized carbons (Fsp3) is 0.400.